The molecule has 0 bridgehead atoms. The first-order valence-electron chi connectivity index (χ1n) is 7.24. The van der Waals surface area contributed by atoms with Gasteiger partial charge in [0.25, 0.3) is 0 Å². The Labute approximate surface area is 136 Å². The Hall–Kier alpha value is -3.35. The fourth-order valence-electron chi connectivity index (χ4n) is 2.52. The van der Waals surface area contributed by atoms with Crippen molar-refractivity contribution in [2.75, 3.05) is 6.61 Å². The molecule has 3 aromatic rings. The zero-order valence-electron chi connectivity index (χ0n) is 12.8. The number of aromatic hydroxyl groups is 1. The highest BCUT2D eigenvalue weighted by Gasteiger charge is 2.25. The topological polar surface area (TPSA) is 102 Å². The molecule has 0 fully saturated rings. The first-order chi connectivity index (χ1) is 11.6. The first-order valence-corrected chi connectivity index (χ1v) is 7.24. The highest BCUT2D eigenvalue weighted by atomic mass is 16.5. The van der Waals surface area contributed by atoms with Crippen molar-refractivity contribution < 1.29 is 19.8 Å². The lowest BCUT2D eigenvalue weighted by Crippen LogP contribution is -2.27. The molecule has 122 valence electrons. The largest absolute Gasteiger partial charge is 0.506 e. The lowest BCUT2D eigenvalue weighted by molar-refractivity contribution is 0.0515. The van der Waals surface area contributed by atoms with Crippen LogP contribution in [-0.2, 0) is 4.74 Å². The zero-order valence-corrected chi connectivity index (χ0v) is 12.8. The van der Waals surface area contributed by atoms with E-state index >= 15 is 0 Å². The van der Waals surface area contributed by atoms with Gasteiger partial charge in [0.1, 0.15) is 5.75 Å². The normalized spacial score (nSPS) is 10.7. The Balaban J connectivity index is 2.42. The predicted octanol–water partition coefficient (Wildman–Crippen LogP) is 2.18. The summed E-state index contributed by atoms with van der Waals surface area (Å²) in [5, 5.41) is 20.7. The third-order valence-electron chi connectivity index (χ3n) is 3.58. The number of aromatic nitrogens is 2. The number of ether oxygens (including phenoxy) is 1. The minimum atomic E-state index is -1.09. The van der Waals surface area contributed by atoms with Crippen LogP contribution in [0.2, 0.25) is 0 Å². The Kier molecular flexibility index (Phi) is 3.91. The molecule has 0 radical (unpaired) electrons. The summed E-state index contributed by atoms with van der Waals surface area (Å²) in [6, 6.07) is 10.7. The van der Waals surface area contributed by atoms with Gasteiger partial charge in [-0.3, -0.25) is 4.79 Å². The molecule has 2 aromatic heterocycles. The number of carbonyl (C=O) groups excluding carboxylic acids is 1. The Morgan fingerprint density at radius 2 is 1.96 bits per heavy atom. The molecule has 24 heavy (non-hydrogen) atoms. The van der Waals surface area contributed by atoms with Gasteiger partial charge in [0.05, 0.1) is 12.0 Å². The summed E-state index contributed by atoms with van der Waals surface area (Å²) in [6.07, 6.45) is 1.40. The lowest BCUT2D eigenvalue weighted by Gasteiger charge is -2.12. The minimum absolute atomic E-state index is 0.0275. The fraction of sp³-hybridized carbons (Fsp3) is 0.118. The third kappa shape index (κ3) is 2.36. The van der Waals surface area contributed by atoms with Gasteiger partial charge in [0.15, 0.2) is 11.2 Å². The molecule has 0 aliphatic heterocycles. The van der Waals surface area contributed by atoms with Crippen molar-refractivity contribution >= 4 is 17.0 Å². The molecule has 0 unspecified atom stereocenters. The average Bonchev–Trinajstić information content (AvgIpc) is 2.60. The molecule has 0 aliphatic rings. The van der Waals surface area contributed by atoms with E-state index in [2.05, 4.69) is 4.98 Å². The smallest absolute Gasteiger partial charge is 0.347 e. The van der Waals surface area contributed by atoms with E-state index in [-0.39, 0.29) is 22.4 Å². The molecule has 7 nitrogen and oxygen atoms in total. The molecule has 0 saturated carbocycles. The Morgan fingerprint density at radius 1 is 1.25 bits per heavy atom. The van der Waals surface area contributed by atoms with Crippen LogP contribution in [0.1, 0.15) is 17.3 Å². The number of hydrogen-bond donors (Lipinski definition) is 2. The van der Waals surface area contributed by atoms with E-state index in [4.69, 9.17) is 4.74 Å². The molecule has 0 saturated heterocycles. The number of rotatable bonds is 3. The van der Waals surface area contributed by atoms with Gasteiger partial charge in [0, 0.05) is 6.20 Å². The number of nitrogens with zero attached hydrogens (tertiary/aromatic N) is 2. The fourth-order valence-corrected chi connectivity index (χ4v) is 2.52. The maximum Gasteiger partial charge on any atom is 0.347 e. The summed E-state index contributed by atoms with van der Waals surface area (Å²) in [5.74, 6) is -1.57. The number of carbonyl (C=O) groups is 1. The SMILES string of the molecule is CCOC(=O)c1c(O)c2c(-c3ccccc3)ccnc2n(O)c1=O. The van der Waals surface area contributed by atoms with Gasteiger partial charge in [-0.15, -0.1) is 4.73 Å². The van der Waals surface area contributed by atoms with Gasteiger partial charge in [-0.05, 0) is 24.1 Å². The monoisotopic (exact) mass is 326 g/mol. The Morgan fingerprint density at radius 3 is 2.62 bits per heavy atom. The van der Waals surface area contributed by atoms with Crippen molar-refractivity contribution in [2.24, 2.45) is 0 Å². The van der Waals surface area contributed by atoms with Crippen LogP contribution < -0.4 is 5.56 Å². The number of fused-ring (bicyclic) bond motifs is 1. The number of esters is 1. The second kappa shape index (κ2) is 6.04. The van der Waals surface area contributed by atoms with E-state index in [1.165, 1.54) is 6.20 Å². The van der Waals surface area contributed by atoms with Crippen LogP contribution in [0.3, 0.4) is 0 Å². The zero-order chi connectivity index (χ0) is 17.3. The molecule has 2 N–H and O–H groups in total. The molecule has 1 aromatic carbocycles. The highest BCUT2D eigenvalue weighted by molar-refractivity contribution is 6.04. The molecule has 0 amide bonds. The number of pyridine rings is 2. The van der Waals surface area contributed by atoms with Crippen LogP contribution in [-0.4, -0.2) is 32.6 Å². The lowest BCUT2D eigenvalue weighted by atomic mass is 10.0. The second-order valence-electron chi connectivity index (χ2n) is 4.98. The standard InChI is InChI=1S/C17H14N2O5/c1-2-24-17(22)13-14(20)12-11(10-6-4-3-5-7-10)8-9-18-15(12)19(23)16(13)21/h3-9,20,23H,2H2,1H3. The predicted molar refractivity (Wildman–Crippen MR) is 86.2 cm³/mol. The summed E-state index contributed by atoms with van der Waals surface area (Å²) in [7, 11) is 0. The number of hydrogen-bond acceptors (Lipinski definition) is 6. The first kappa shape index (κ1) is 15.5. The van der Waals surface area contributed by atoms with Gasteiger partial charge >= 0.3 is 11.5 Å². The molecule has 0 atom stereocenters. The molecule has 2 heterocycles. The van der Waals surface area contributed by atoms with E-state index in [0.717, 1.165) is 5.56 Å². The van der Waals surface area contributed by atoms with Crippen LogP contribution in [0.5, 0.6) is 5.75 Å². The van der Waals surface area contributed by atoms with Crippen molar-refractivity contribution in [3.63, 3.8) is 0 Å². The number of benzene rings is 1. The van der Waals surface area contributed by atoms with E-state index < -0.39 is 22.8 Å². The molecule has 3 rings (SSSR count). The van der Waals surface area contributed by atoms with Crippen molar-refractivity contribution in [3.8, 4) is 16.9 Å². The maximum atomic E-state index is 12.2. The summed E-state index contributed by atoms with van der Waals surface area (Å²) in [4.78, 5) is 28.1. The van der Waals surface area contributed by atoms with Gasteiger partial charge in [0.2, 0.25) is 0 Å². The van der Waals surface area contributed by atoms with Crippen LogP contribution in [0, 0.1) is 0 Å². The van der Waals surface area contributed by atoms with Gasteiger partial charge in [-0.1, -0.05) is 30.3 Å². The average molecular weight is 326 g/mol. The van der Waals surface area contributed by atoms with Crippen LogP contribution >= 0.6 is 0 Å². The Bertz CT molecular complexity index is 980. The molecule has 7 heteroatoms. The van der Waals surface area contributed by atoms with Crippen molar-refractivity contribution in [3.05, 3.63) is 58.5 Å². The van der Waals surface area contributed by atoms with Crippen molar-refractivity contribution in [2.45, 2.75) is 6.92 Å². The van der Waals surface area contributed by atoms with E-state index in [1.807, 2.05) is 6.07 Å². The maximum absolute atomic E-state index is 12.2. The molecule has 0 spiro atoms. The van der Waals surface area contributed by atoms with Crippen molar-refractivity contribution in [1.82, 2.24) is 9.71 Å². The highest BCUT2D eigenvalue weighted by Crippen LogP contribution is 2.34. The van der Waals surface area contributed by atoms with Gasteiger partial charge < -0.3 is 15.1 Å². The third-order valence-corrected chi connectivity index (χ3v) is 3.58. The molecule has 0 aliphatic carbocycles. The molecular weight excluding hydrogens is 312 g/mol. The summed E-state index contributed by atoms with van der Waals surface area (Å²) < 4.78 is 5.04. The van der Waals surface area contributed by atoms with E-state index in [1.54, 1.807) is 37.3 Å². The van der Waals surface area contributed by atoms with Gasteiger partial charge in [-0.25, -0.2) is 9.78 Å². The van der Waals surface area contributed by atoms with Crippen molar-refractivity contribution in [1.29, 1.82) is 0 Å². The quantitative estimate of drug-likeness (QED) is 0.565. The van der Waals surface area contributed by atoms with Gasteiger partial charge in [-0.2, -0.15) is 0 Å². The van der Waals surface area contributed by atoms with Crippen LogP contribution in [0.15, 0.2) is 47.4 Å². The molecular formula is C17H14N2O5. The summed E-state index contributed by atoms with van der Waals surface area (Å²) in [6.45, 7) is 1.60. The van der Waals surface area contributed by atoms with Crippen LogP contribution in [0.4, 0.5) is 0 Å². The van der Waals surface area contributed by atoms with E-state index in [0.29, 0.717) is 5.56 Å². The van der Waals surface area contributed by atoms with E-state index in [9.17, 15) is 19.9 Å². The minimum Gasteiger partial charge on any atom is -0.506 e. The summed E-state index contributed by atoms with van der Waals surface area (Å²) >= 11 is 0. The summed E-state index contributed by atoms with van der Waals surface area (Å²) in [5.41, 5.74) is -0.611. The van der Waals surface area contributed by atoms with Crippen LogP contribution in [0.25, 0.3) is 22.2 Å². The second-order valence-corrected chi connectivity index (χ2v) is 4.98.